The minimum absolute atomic E-state index is 0.0775. The molecule has 0 unspecified atom stereocenters. The van der Waals surface area contributed by atoms with E-state index in [0.717, 1.165) is 5.39 Å². The molecule has 1 amide bonds. The van der Waals surface area contributed by atoms with Gasteiger partial charge in [-0.15, -0.1) is 0 Å². The first-order valence-corrected chi connectivity index (χ1v) is 8.17. The third-order valence-electron chi connectivity index (χ3n) is 3.84. The molecule has 0 fully saturated rings. The molecule has 128 valence electrons. The van der Waals surface area contributed by atoms with E-state index in [1.807, 2.05) is 26.0 Å². The molecule has 0 bridgehead atoms. The van der Waals surface area contributed by atoms with Gasteiger partial charge >= 0.3 is 0 Å². The van der Waals surface area contributed by atoms with Crippen LogP contribution >= 0.6 is 0 Å². The summed E-state index contributed by atoms with van der Waals surface area (Å²) in [5.41, 5.74) is 0.818. The normalized spacial score (nSPS) is 10.6. The molecule has 0 aliphatic rings. The molecule has 2 heterocycles. The van der Waals surface area contributed by atoms with Gasteiger partial charge in [0.15, 0.2) is 0 Å². The molecule has 6 nitrogen and oxygen atoms in total. The predicted molar refractivity (Wildman–Crippen MR) is 97.2 cm³/mol. The summed E-state index contributed by atoms with van der Waals surface area (Å²) in [6.07, 6.45) is 1.63. The average molecular weight is 337 g/mol. The zero-order valence-corrected chi connectivity index (χ0v) is 14.2. The Hall–Kier alpha value is -3.15. The number of aryl methyl sites for hydroxylation is 1. The van der Waals surface area contributed by atoms with Gasteiger partial charge in [0.1, 0.15) is 17.0 Å². The highest BCUT2D eigenvalue weighted by atomic mass is 16.5. The second-order valence-electron chi connectivity index (χ2n) is 5.41. The number of amides is 1. The average Bonchev–Trinajstić information content (AvgIpc) is 2.63. The summed E-state index contributed by atoms with van der Waals surface area (Å²) in [4.78, 5) is 29.6. The molecule has 0 atom stereocenters. The van der Waals surface area contributed by atoms with Crippen LogP contribution in [0.5, 0.6) is 5.75 Å². The highest BCUT2D eigenvalue weighted by molar-refractivity contribution is 6.06. The van der Waals surface area contributed by atoms with Gasteiger partial charge in [0, 0.05) is 18.1 Å². The van der Waals surface area contributed by atoms with E-state index in [1.165, 1.54) is 4.57 Å². The van der Waals surface area contributed by atoms with Crippen LogP contribution in [0, 0.1) is 0 Å². The number of anilines is 1. The quantitative estimate of drug-likeness (QED) is 0.776. The summed E-state index contributed by atoms with van der Waals surface area (Å²) in [5.74, 6) is 0.0988. The first kappa shape index (κ1) is 16.7. The van der Waals surface area contributed by atoms with Crippen molar-refractivity contribution in [2.45, 2.75) is 20.4 Å². The largest absolute Gasteiger partial charge is 0.492 e. The van der Waals surface area contributed by atoms with Crippen LogP contribution in [-0.2, 0) is 6.54 Å². The van der Waals surface area contributed by atoms with Gasteiger partial charge < -0.3 is 10.1 Å². The number of benzene rings is 1. The summed E-state index contributed by atoms with van der Waals surface area (Å²) in [6.45, 7) is 4.64. The van der Waals surface area contributed by atoms with E-state index in [1.54, 1.807) is 36.5 Å². The van der Waals surface area contributed by atoms with Crippen LogP contribution in [0.3, 0.4) is 0 Å². The van der Waals surface area contributed by atoms with Crippen LogP contribution in [0.25, 0.3) is 11.0 Å². The Morgan fingerprint density at radius 2 is 2.00 bits per heavy atom. The van der Waals surface area contributed by atoms with E-state index in [4.69, 9.17) is 4.74 Å². The van der Waals surface area contributed by atoms with Crippen molar-refractivity contribution in [3.63, 3.8) is 0 Å². The predicted octanol–water partition coefficient (Wildman–Crippen LogP) is 3.07. The van der Waals surface area contributed by atoms with Crippen molar-refractivity contribution in [2.75, 3.05) is 11.9 Å². The van der Waals surface area contributed by atoms with Crippen LogP contribution in [0.1, 0.15) is 24.2 Å². The SMILES string of the molecule is CCOc1ccccc1NC(=O)c1cc2cccnc2n(CC)c1=O. The van der Waals surface area contributed by atoms with Crippen molar-refractivity contribution >= 4 is 22.6 Å². The van der Waals surface area contributed by atoms with Gasteiger partial charge in [-0.2, -0.15) is 0 Å². The van der Waals surface area contributed by atoms with Gasteiger partial charge in [-0.25, -0.2) is 4.98 Å². The lowest BCUT2D eigenvalue weighted by Crippen LogP contribution is -2.29. The third-order valence-corrected chi connectivity index (χ3v) is 3.84. The molecule has 0 radical (unpaired) electrons. The molecule has 0 saturated heterocycles. The van der Waals surface area contributed by atoms with Crippen molar-refractivity contribution in [1.82, 2.24) is 9.55 Å². The molecule has 6 heteroatoms. The monoisotopic (exact) mass is 337 g/mol. The highest BCUT2D eigenvalue weighted by Crippen LogP contribution is 2.24. The van der Waals surface area contributed by atoms with Gasteiger partial charge in [-0.05, 0) is 44.2 Å². The van der Waals surface area contributed by atoms with E-state index in [2.05, 4.69) is 10.3 Å². The Morgan fingerprint density at radius 1 is 1.20 bits per heavy atom. The third kappa shape index (κ3) is 3.24. The van der Waals surface area contributed by atoms with Gasteiger partial charge in [0.25, 0.3) is 11.5 Å². The molecule has 0 saturated carbocycles. The maximum Gasteiger partial charge on any atom is 0.265 e. The summed E-state index contributed by atoms with van der Waals surface area (Å²) in [5, 5.41) is 3.51. The maximum absolute atomic E-state index is 12.7. The number of ether oxygens (including phenoxy) is 1. The highest BCUT2D eigenvalue weighted by Gasteiger charge is 2.17. The van der Waals surface area contributed by atoms with Crippen molar-refractivity contribution in [3.05, 3.63) is 64.6 Å². The van der Waals surface area contributed by atoms with E-state index in [0.29, 0.717) is 30.2 Å². The number of aromatic nitrogens is 2. The zero-order chi connectivity index (χ0) is 17.8. The fraction of sp³-hybridized carbons (Fsp3) is 0.211. The lowest BCUT2D eigenvalue weighted by molar-refractivity contribution is 0.102. The van der Waals surface area contributed by atoms with Gasteiger partial charge in [-0.1, -0.05) is 12.1 Å². The van der Waals surface area contributed by atoms with Crippen LogP contribution in [0.2, 0.25) is 0 Å². The van der Waals surface area contributed by atoms with E-state index < -0.39 is 5.91 Å². The fourth-order valence-electron chi connectivity index (χ4n) is 2.70. The number of hydrogen-bond donors (Lipinski definition) is 1. The molecule has 3 aromatic rings. The lowest BCUT2D eigenvalue weighted by Gasteiger charge is -2.13. The Labute approximate surface area is 145 Å². The lowest BCUT2D eigenvalue weighted by atomic mass is 10.2. The first-order valence-electron chi connectivity index (χ1n) is 8.17. The molecule has 0 aliphatic heterocycles. The van der Waals surface area contributed by atoms with Crippen LogP contribution in [-0.4, -0.2) is 22.1 Å². The summed E-state index contributed by atoms with van der Waals surface area (Å²) in [7, 11) is 0. The molecular weight excluding hydrogens is 318 g/mol. The maximum atomic E-state index is 12.7. The molecule has 0 spiro atoms. The Bertz CT molecular complexity index is 979. The molecule has 1 N–H and O–H groups in total. The number of rotatable bonds is 5. The Balaban J connectivity index is 2.04. The van der Waals surface area contributed by atoms with Crippen molar-refractivity contribution < 1.29 is 9.53 Å². The standard InChI is InChI=1S/C19H19N3O3/c1-3-22-17-13(8-7-11-20-17)12-14(19(22)24)18(23)21-15-9-5-6-10-16(15)25-4-2/h5-12H,3-4H2,1-2H3,(H,21,23). The van der Waals surface area contributed by atoms with Crippen LogP contribution in [0.15, 0.2) is 53.5 Å². The minimum Gasteiger partial charge on any atom is -0.492 e. The summed E-state index contributed by atoms with van der Waals surface area (Å²) in [6, 6.07) is 12.3. The van der Waals surface area contributed by atoms with E-state index >= 15 is 0 Å². The number of fused-ring (bicyclic) bond motifs is 1. The van der Waals surface area contributed by atoms with Gasteiger partial charge in [-0.3, -0.25) is 14.2 Å². The van der Waals surface area contributed by atoms with Crippen LogP contribution in [0.4, 0.5) is 5.69 Å². The van der Waals surface area contributed by atoms with Gasteiger partial charge in [0.2, 0.25) is 0 Å². The fourth-order valence-corrected chi connectivity index (χ4v) is 2.70. The molecule has 3 rings (SSSR count). The number of carbonyl (C=O) groups is 1. The first-order chi connectivity index (χ1) is 12.2. The molecule has 1 aromatic carbocycles. The number of nitrogens with zero attached hydrogens (tertiary/aromatic N) is 2. The Morgan fingerprint density at radius 3 is 2.76 bits per heavy atom. The van der Waals surface area contributed by atoms with E-state index in [9.17, 15) is 9.59 Å². The van der Waals surface area contributed by atoms with Gasteiger partial charge in [0.05, 0.1) is 12.3 Å². The van der Waals surface area contributed by atoms with Crippen molar-refractivity contribution in [2.24, 2.45) is 0 Å². The molecule has 0 aliphatic carbocycles. The number of carbonyl (C=O) groups excluding carboxylic acids is 1. The smallest absolute Gasteiger partial charge is 0.265 e. The number of para-hydroxylation sites is 2. The minimum atomic E-state index is -0.467. The van der Waals surface area contributed by atoms with Crippen molar-refractivity contribution in [1.29, 1.82) is 0 Å². The van der Waals surface area contributed by atoms with Crippen molar-refractivity contribution in [3.8, 4) is 5.75 Å². The topological polar surface area (TPSA) is 73.2 Å². The molecule has 2 aromatic heterocycles. The Kier molecular flexibility index (Phi) is 4.79. The van der Waals surface area contributed by atoms with Crippen LogP contribution < -0.4 is 15.6 Å². The second-order valence-corrected chi connectivity index (χ2v) is 5.41. The molecule has 25 heavy (non-hydrogen) atoms. The van der Waals surface area contributed by atoms with E-state index in [-0.39, 0.29) is 11.1 Å². The zero-order valence-electron chi connectivity index (χ0n) is 14.2. The summed E-state index contributed by atoms with van der Waals surface area (Å²) >= 11 is 0. The number of pyridine rings is 2. The summed E-state index contributed by atoms with van der Waals surface area (Å²) < 4.78 is 7.01. The number of nitrogens with one attached hydrogen (secondary N) is 1. The molecular formula is C19H19N3O3. The number of hydrogen-bond acceptors (Lipinski definition) is 4. The second kappa shape index (κ2) is 7.17.